The van der Waals surface area contributed by atoms with Gasteiger partial charge in [-0.3, -0.25) is 9.59 Å². The van der Waals surface area contributed by atoms with Gasteiger partial charge in [-0.25, -0.2) is 4.39 Å². The Morgan fingerprint density at radius 1 is 1.18 bits per heavy atom. The van der Waals surface area contributed by atoms with Gasteiger partial charge >= 0.3 is 0 Å². The highest BCUT2D eigenvalue weighted by molar-refractivity contribution is 6.42. The molecule has 4 rings (SSSR count). The molecular weight excluding hydrogens is 423 g/mol. The van der Waals surface area contributed by atoms with Gasteiger partial charge in [-0.1, -0.05) is 12.0 Å². The molecule has 0 saturated heterocycles. The average molecular weight is 446 g/mol. The van der Waals surface area contributed by atoms with Gasteiger partial charge in [0.2, 0.25) is 5.78 Å². The van der Waals surface area contributed by atoms with Crippen molar-refractivity contribution in [2.45, 2.75) is 37.6 Å². The molecule has 1 aliphatic carbocycles. The molecule has 33 heavy (non-hydrogen) atoms. The van der Waals surface area contributed by atoms with Gasteiger partial charge in [0.05, 0.1) is 12.1 Å². The molecular formula is C26H23FN2O4. The Kier molecular flexibility index (Phi) is 6.57. The normalized spacial score (nSPS) is 14.7. The number of nitrogens with zero attached hydrogens (tertiary/aromatic N) is 1. The predicted molar refractivity (Wildman–Crippen MR) is 120 cm³/mol. The van der Waals surface area contributed by atoms with Gasteiger partial charge in [-0.15, -0.1) is 6.42 Å². The number of Topliss-reactive ketones (excluding diaryl/α,β-unsaturated/α-hetero) is 1. The molecule has 2 unspecified atom stereocenters. The maximum atomic E-state index is 14.5. The Labute approximate surface area is 191 Å². The summed E-state index contributed by atoms with van der Waals surface area (Å²) in [4.78, 5) is 25.3. The van der Waals surface area contributed by atoms with E-state index in [0.29, 0.717) is 5.56 Å². The highest BCUT2D eigenvalue weighted by Gasteiger charge is 2.28. The smallest absolute Gasteiger partial charge is 0.292 e. The van der Waals surface area contributed by atoms with Crippen LogP contribution in [0.4, 0.5) is 4.39 Å². The van der Waals surface area contributed by atoms with Gasteiger partial charge in [-0.2, -0.15) is 0 Å². The average Bonchev–Trinajstić information content (AvgIpc) is 3.50. The summed E-state index contributed by atoms with van der Waals surface area (Å²) < 4.78 is 21.8. The highest BCUT2D eigenvalue weighted by Crippen LogP contribution is 2.30. The Balaban J connectivity index is 1.52. The lowest BCUT2D eigenvalue weighted by Gasteiger charge is -2.25. The third kappa shape index (κ3) is 5.48. The largest absolute Gasteiger partial charge is 0.487 e. The van der Waals surface area contributed by atoms with Crippen molar-refractivity contribution < 1.29 is 23.8 Å². The fourth-order valence-corrected chi connectivity index (χ4v) is 3.42. The third-order valence-electron chi connectivity index (χ3n) is 5.41. The van der Waals surface area contributed by atoms with Crippen molar-refractivity contribution in [2.75, 3.05) is 0 Å². The lowest BCUT2D eigenvalue weighted by molar-refractivity contribution is -0.118. The number of aliphatic hydroxyl groups is 1. The first kappa shape index (κ1) is 22.3. The second-order valence-electron chi connectivity index (χ2n) is 7.96. The van der Waals surface area contributed by atoms with Crippen LogP contribution in [0.2, 0.25) is 0 Å². The van der Waals surface area contributed by atoms with Crippen LogP contribution in [0.15, 0.2) is 67.0 Å². The number of carbonyl (C=O) groups is 2. The van der Waals surface area contributed by atoms with E-state index in [-0.39, 0.29) is 29.5 Å². The Morgan fingerprint density at radius 2 is 1.88 bits per heavy atom. The summed E-state index contributed by atoms with van der Waals surface area (Å²) in [7, 11) is 0. The van der Waals surface area contributed by atoms with Crippen LogP contribution >= 0.6 is 0 Å². The lowest BCUT2D eigenvalue weighted by atomic mass is 10.0. The first-order valence-corrected chi connectivity index (χ1v) is 10.6. The number of aromatic nitrogens is 1. The molecule has 2 N–H and O–H groups in total. The molecule has 1 aromatic heterocycles. The Bertz CT molecular complexity index is 1180. The number of nitrogens with one attached hydrogen (secondary N) is 1. The zero-order chi connectivity index (χ0) is 23.4. The van der Waals surface area contributed by atoms with E-state index in [9.17, 15) is 19.1 Å². The summed E-state index contributed by atoms with van der Waals surface area (Å²) in [6.45, 7) is 0.172. The number of ketones is 1. The number of hydrogen-bond acceptors (Lipinski definition) is 4. The number of terminal acetylenes is 1. The molecule has 0 spiro atoms. The molecule has 168 valence electrons. The van der Waals surface area contributed by atoms with Crippen LogP contribution in [0.5, 0.6) is 5.75 Å². The lowest BCUT2D eigenvalue weighted by Crippen LogP contribution is -2.45. The summed E-state index contributed by atoms with van der Waals surface area (Å²) in [5.41, 5.74) is 1.02. The van der Waals surface area contributed by atoms with Crippen LogP contribution in [-0.4, -0.2) is 33.5 Å². The minimum absolute atomic E-state index is 0.0387. The van der Waals surface area contributed by atoms with Crippen LogP contribution in [-0.2, 0) is 11.3 Å². The van der Waals surface area contributed by atoms with Crippen LogP contribution in [0.3, 0.4) is 0 Å². The third-order valence-corrected chi connectivity index (χ3v) is 5.41. The zero-order valence-electron chi connectivity index (χ0n) is 17.8. The molecule has 6 nitrogen and oxygen atoms in total. The summed E-state index contributed by atoms with van der Waals surface area (Å²) in [6, 6.07) is 13.0. The molecule has 1 heterocycles. The van der Waals surface area contributed by atoms with E-state index in [4.69, 9.17) is 11.2 Å². The fourth-order valence-electron chi connectivity index (χ4n) is 3.42. The van der Waals surface area contributed by atoms with Crippen molar-refractivity contribution in [2.24, 2.45) is 0 Å². The van der Waals surface area contributed by atoms with Gasteiger partial charge in [0.25, 0.3) is 5.91 Å². The van der Waals surface area contributed by atoms with Crippen molar-refractivity contribution in [1.29, 1.82) is 0 Å². The minimum Gasteiger partial charge on any atom is -0.487 e. The molecule has 1 aliphatic rings. The number of benzene rings is 2. The Hall–Kier alpha value is -3.89. The number of rotatable bonds is 9. The first-order chi connectivity index (χ1) is 15.9. The second kappa shape index (κ2) is 9.72. The van der Waals surface area contributed by atoms with Crippen molar-refractivity contribution in [3.05, 3.63) is 89.5 Å². The van der Waals surface area contributed by atoms with Gasteiger partial charge in [-0.05, 0) is 66.9 Å². The number of carbonyl (C=O) groups excluding carboxylic acids is 2. The first-order valence-electron chi connectivity index (χ1n) is 10.6. The molecule has 1 saturated carbocycles. The van der Waals surface area contributed by atoms with E-state index in [1.165, 1.54) is 24.3 Å². The zero-order valence-corrected chi connectivity index (χ0v) is 17.8. The van der Waals surface area contributed by atoms with Crippen LogP contribution in [0.25, 0.3) is 0 Å². The number of amides is 1. The summed E-state index contributed by atoms with van der Waals surface area (Å²) >= 11 is 0. The molecule has 3 aromatic rings. The van der Waals surface area contributed by atoms with Gasteiger partial charge in [0.1, 0.15) is 6.10 Å². The van der Waals surface area contributed by atoms with E-state index < -0.39 is 29.7 Å². The van der Waals surface area contributed by atoms with Crippen LogP contribution in [0.1, 0.15) is 40.4 Å². The van der Waals surface area contributed by atoms with Crippen molar-refractivity contribution in [1.82, 2.24) is 9.88 Å². The molecule has 2 atom stereocenters. The number of hydrogen-bond donors (Lipinski definition) is 2. The van der Waals surface area contributed by atoms with Crippen molar-refractivity contribution in [3.8, 4) is 18.1 Å². The quantitative estimate of drug-likeness (QED) is 0.300. The van der Waals surface area contributed by atoms with E-state index in [0.717, 1.165) is 12.8 Å². The van der Waals surface area contributed by atoms with Crippen LogP contribution < -0.4 is 10.1 Å². The standard InChI is InChI=1S/C26H23FN2O4/c1-2-17-5-7-18(8-6-17)25(31)26(32)28-22(16-29-13-3-4-14-29)24(30)19-9-12-23(21(27)15-19)33-20-10-11-20/h1,3-9,12-15,20,22,24,30H,10-11,16H2,(H,28,32). The number of halogens is 1. The molecule has 7 heteroatoms. The number of ether oxygens (including phenoxy) is 1. The van der Waals surface area contributed by atoms with Crippen LogP contribution in [0, 0.1) is 18.2 Å². The van der Waals surface area contributed by atoms with Gasteiger partial charge < -0.3 is 19.7 Å². The van der Waals surface area contributed by atoms with E-state index in [1.54, 1.807) is 47.3 Å². The maximum absolute atomic E-state index is 14.5. The monoisotopic (exact) mass is 446 g/mol. The van der Waals surface area contributed by atoms with E-state index in [1.807, 2.05) is 0 Å². The predicted octanol–water partition coefficient (Wildman–Crippen LogP) is 3.25. The van der Waals surface area contributed by atoms with Crippen molar-refractivity contribution >= 4 is 11.7 Å². The van der Waals surface area contributed by atoms with Gasteiger partial charge in [0.15, 0.2) is 11.6 Å². The van der Waals surface area contributed by atoms with Gasteiger partial charge in [0, 0.05) is 30.1 Å². The maximum Gasteiger partial charge on any atom is 0.292 e. The second-order valence-corrected chi connectivity index (χ2v) is 7.96. The Morgan fingerprint density at radius 3 is 2.48 bits per heavy atom. The molecule has 1 amide bonds. The highest BCUT2D eigenvalue weighted by atomic mass is 19.1. The summed E-state index contributed by atoms with van der Waals surface area (Å²) in [5, 5.41) is 13.6. The van der Waals surface area contributed by atoms with E-state index >= 15 is 0 Å². The van der Waals surface area contributed by atoms with Crippen molar-refractivity contribution in [3.63, 3.8) is 0 Å². The molecule has 0 radical (unpaired) electrons. The van der Waals surface area contributed by atoms with E-state index in [2.05, 4.69) is 11.2 Å². The summed E-state index contributed by atoms with van der Waals surface area (Å²) in [6.07, 6.45) is 9.42. The topological polar surface area (TPSA) is 80.6 Å². The molecule has 0 aliphatic heterocycles. The molecule has 1 fully saturated rings. The minimum atomic E-state index is -1.27. The summed E-state index contributed by atoms with van der Waals surface area (Å²) in [5.74, 6) is 0.346. The molecule has 0 bridgehead atoms. The SMILES string of the molecule is C#Cc1ccc(C(=O)C(=O)NC(Cn2cccc2)C(O)c2ccc(OC3CC3)c(F)c2)cc1. The fraction of sp³-hybridized carbons (Fsp3) is 0.231. The molecule has 2 aromatic carbocycles. The number of aliphatic hydroxyl groups excluding tert-OH is 1.